The molecule has 0 aromatic heterocycles. The van der Waals surface area contributed by atoms with Crippen LogP contribution in [0.15, 0.2) is 28.7 Å². The maximum atomic E-state index is 3.66. The topological polar surface area (TPSA) is 12.0 Å². The number of hydrogen-bond acceptors (Lipinski definition) is 1. The van der Waals surface area contributed by atoms with E-state index in [4.69, 9.17) is 0 Å². The Morgan fingerprint density at radius 1 is 1.12 bits per heavy atom. The largest absolute Gasteiger partial charge is 0.314 e. The van der Waals surface area contributed by atoms with Gasteiger partial charge in [-0.25, -0.2) is 0 Å². The molecule has 0 saturated heterocycles. The molecule has 1 aromatic rings. The van der Waals surface area contributed by atoms with Gasteiger partial charge in [0.05, 0.1) is 0 Å². The Morgan fingerprint density at radius 2 is 1.82 bits per heavy atom. The van der Waals surface area contributed by atoms with Gasteiger partial charge >= 0.3 is 0 Å². The van der Waals surface area contributed by atoms with Gasteiger partial charge in [0, 0.05) is 10.5 Å². The molecular formula is C15H24BrN. The minimum atomic E-state index is 0.635. The Balaban J connectivity index is 2.48. The van der Waals surface area contributed by atoms with Crippen LogP contribution >= 0.6 is 15.9 Å². The first-order chi connectivity index (χ1) is 8.26. The Morgan fingerprint density at radius 3 is 2.41 bits per heavy atom. The fourth-order valence-corrected chi connectivity index (χ4v) is 2.24. The predicted molar refractivity (Wildman–Crippen MR) is 79.5 cm³/mol. The van der Waals surface area contributed by atoms with Gasteiger partial charge in [-0.2, -0.15) is 0 Å². The van der Waals surface area contributed by atoms with Gasteiger partial charge in [0.15, 0.2) is 0 Å². The molecule has 0 aliphatic carbocycles. The van der Waals surface area contributed by atoms with E-state index in [0.717, 1.165) is 17.4 Å². The van der Waals surface area contributed by atoms with Gasteiger partial charge in [0.25, 0.3) is 0 Å². The molecule has 0 aliphatic heterocycles. The zero-order chi connectivity index (χ0) is 12.5. The van der Waals surface area contributed by atoms with Crippen molar-refractivity contribution >= 4 is 15.9 Å². The first-order valence-corrected chi connectivity index (χ1v) is 7.53. The summed E-state index contributed by atoms with van der Waals surface area (Å²) in [6.45, 7) is 5.62. The molecule has 17 heavy (non-hydrogen) atoms. The molecule has 0 amide bonds. The number of rotatable bonds is 8. The van der Waals surface area contributed by atoms with E-state index < -0.39 is 0 Å². The molecule has 1 unspecified atom stereocenters. The molecular weight excluding hydrogens is 274 g/mol. The lowest BCUT2D eigenvalue weighted by atomic mass is 10.0. The van der Waals surface area contributed by atoms with Crippen molar-refractivity contribution in [2.75, 3.05) is 6.54 Å². The quantitative estimate of drug-likeness (QED) is 0.742. The van der Waals surface area contributed by atoms with Gasteiger partial charge in [0.1, 0.15) is 0 Å². The molecule has 0 aliphatic rings. The third-order valence-electron chi connectivity index (χ3n) is 2.98. The van der Waals surface area contributed by atoms with Gasteiger partial charge in [-0.05, 0) is 43.5 Å². The van der Waals surface area contributed by atoms with Crippen molar-refractivity contribution in [1.82, 2.24) is 5.32 Å². The number of unbranched alkanes of at least 4 members (excludes halogenated alkanes) is 1. The van der Waals surface area contributed by atoms with E-state index in [-0.39, 0.29) is 0 Å². The standard InChI is InChI=1S/C15H24BrN/c1-3-5-6-15(17-11-4-2)12-13-7-9-14(16)10-8-13/h7-10,15,17H,3-6,11-12H2,1-2H3. The minimum absolute atomic E-state index is 0.635. The molecule has 2 heteroatoms. The van der Waals surface area contributed by atoms with Crippen molar-refractivity contribution in [3.05, 3.63) is 34.3 Å². The molecule has 1 N–H and O–H groups in total. The van der Waals surface area contributed by atoms with Crippen molar-refractivity contribution in [2.24, 2.45) is 0 Å². The first-order valence-electron chi connectivity index (χ1n) is 6.74. The zero-order valence-corrected chi connectivity index (χ0v) is 12.6. The highest BCUT2D eigenvalue weighted by atomic mass is 79.9. The summed E-state index contributed by atoms with van der Waals surface area (Å²) in [5, 5.41) is 3.66. The summed E-state index contributed by atoms with van der Waals surface area (Å²) in [7, 11) is 0. The van der Waals surface area contributed by atoms with Crippen molar-refractivity contribution < 1.29 is 0 Å². The van der Waals surface area contributed by atoms with E-state index in [1.54, 1.807) is 0 Å². The average Bonchev–Trinajstić information content (AvgIpc) is 2.35. The van der Waals surface area contributed by atoms with Crippen LogP contribution in [-0.2, 0) is 6.42 Å². The van der Waals surface area contributed by atoms with Crippen molar-refractivity contribution in [1.29, 1.82) is 0 Å². The molecule has 1 nitrogen and oxygen atoms in total. The molecule has 1 aromatic carbocycles. The Hall–Kier alpha value is -0.340. The highest BCUT2D eigenvalue weighted by Crippen LogP contribution is 2.13. The van der Waals surface area contributed by atoms with E-state index in [1.165, 1.54) is 31.2 Å². The van der Waals surface area contributed by atoms with E-state index in [2.05, 4.69) is 59.4 Å². The molecule has 0 bridgehead atoms. The van der Waals surface area contributed by atoms with Crippen LogP contribution in [0.5, 0.6) is 0 Å². The van der Waals surface area contributed by atoms with Crippen LogP contribution in [-0.4, -0.2) is 12.6 Å². The monoisotopic (exact) mass is 297 g/mol. The highest BCUT2D eigenvalue weighted by molar-refractivity contribution is 9.10. The van der Waals surface area contributed by atoms with Gasteiger partial charge < -0.3 is 5.32 Å². The Bertz CT molecular complexity index is 286. The zero-order valence-electron chi connectivity index (χ0n) is 11.0. The van der Waals surface area contributed by atoms with Crippen LogP contribution in [0.4, 0.5) is 0 Å². The second-order valence-corrected chi connectivity index (χ2v) is 5.54. The van der Waals surface area contributed by atoms with Crippen molar-refractivity contribution in [3.8, 4) is 0 Å². The lowest BCUT2D eigenvalue weighted by molar-refractivity contribution is 0.462. The summed E-state index contributed by atoms with van der Waals surface area (Å²) in [6.07, 6.45) is 6.24. The molecule has 0 spiro atoms. The smallest absolute Gasteiger partial charge is 0.0175 e. The van der Waals surface area contributed by atoms with Crippen molar-refractivity contribution in [2.45, 2.75) is 52.0 Å². The minimum Gasteiger partial charge on any atom is -0.314 e. The van der Waals surface area contributed by atoms with Gasteiger partial charge in [-0.3, -0.25) is 0 Å². The maximum Gasteiger partial charge on any atom is 0.0175 e. The van der Waals surface area contributed by atoms with E-state index in [0.29, 0.717) is 6.04 Å². The van der Waals surface area contributed by atoms with Crippen LogP contribution in [0, 0.1) is 0 Å². The fraction of sp³-hybridized carbons (Fsp3) is 0.600. The summed E-state index contributed by atoms with van der Waals surface area (Å²) in [5.41, 5.74) is 1.43. The predicted octanol–water partition coefficient (Wildman–Crippen LogP) is 4.55. The van der Waals surface area contributed by atoms with E-state index in [1.807, 2.05) is 0 Å². The molecule has 1 atom stereocenters. The average molecular weight is 298 g/mol. The first kappa shape index (κ1) is 14.7. The number of halogens is 1. The maximum absolute atomic E-state index is 3.66. The number of hydrogen-bond donors (Lipinski definition) is 1. The fourth-order valence-electron chi connectivity index (χ4n) is 1.98. The third kappa shape index (κ3) is 6.23. The van der Waals surface area contributed by atoms with Crippen LogP contribution in [0.3, 0.4) is 0 Å². The Labute approximate surface area is 114 Å². The summed E-state index contributed by atoms with van der Waals surface area (Å²) < 4.78 is 1.16. The van der Waals surface area contributed by atoms with Crippen LogP contribution < -0.4 is 5.32 Å². The van der Waals surface area contributed by atoms with Crippen LogP contribution in [0.1, 0.15) is 45.1 Å². The summed E-state index contributed by atoms with van der Waals surface area (Å²) in [6, 6.07) is 9.34. The molecule has 0 heterocycles. The van der Waals surface area contributed by atoms with E-state index in [9.17, 15) is 0 Å². The molecule has 1 rings (SSSR count). The van der Waals surface area contributed by atoms with E-state index >= 15 is 0 Å². The van der Waals surface area contributed by atoms with Gasteiger partial charge in [-0.1, -0.05) is 54.8 Å². The molecule has 0 radical (unpaired) electrons. The summed E-state index contributed by atoms with van der Waals surface area (Å²) in [5.74, 6) is 0. The lowest BCUT2D eigenvalue weighted by Gasteiger charge is -2.18. The van der Waals surface area contributed by atoms with Gasteiger partial charge in [0.2, 0.25) is 0 Å². The van der Waals surface area contributed by atoms with Crippen LogP contribution in [0.2, 0.25) is 0 Å². The van der Waals surface area contributed by atoms with Crippen LogP contribution in [0.25, 0.3) is 0 Å². The normalized spacial score (nSPS) is 12.6. The highest BCUT2D eigenvalue weighted by Gasteiger charge is 2.07. The summed E-state index contributed by atoms with van der Waals surface area (Å²) in [4.78, 5) is 0. The molecule has 0 saturated carbocycles. The lowest BCUT2D eigenvalue weighted by Crippen LogP contribution is -2.31. The van der Waals surface area contributed by atoms with Gasteiger partial charge in [-0.15, -0.1) is 0 Å². The second kappa shape index (κ2) is 8.71. The number of benzene rings is 1. The third-order valence-corrected chi connectivity index (χ3v) is 3.51. The molecule has 0 fully saturated rings. The second-order valence-electron chi connectivity index (χ2n) is 4.62. The Kier molecular flexibility index (Phi) is 7.54. The molecule has 96 valence electrons. The SMILES string of the molecule is CCCCC(Cc1ccc(Br)cc1)NCCC. The summed E-state index contributed by atoms with van der Waals surface area (Å²) >= 11 is 3.48. The van der Waals surface area contributed by atoms with Crippen molar-refractivity contribution in [3.63, 3.8) is 0 Å². The number of nitrogens with one attached hydrogen (secondary N) is 1.